The Balaban J connectivity index is 0.00000364. The highest BCUT2D eigenvalue weighted by Gasteiger charge is 2.15. The van der Waals surface area contributed by atoms with E-state index in [2.05, 4.69) is 39.4 Å². The Kier molecular flexibility index (Phi) is 11.0. The van der Waals surface area contributed by atoms with Crippen molar-refractivity contribution in [3.63, 3.8) is 0 Å². The van der Waals surface area contributed by atoms with Crippen LogP contribution in [0.1, 0.15) is 18.1 Å². The smallest absolute Gasteiger partial charge is 0.203 e. The molecule has 1 aromatic carbocycles. The van der Waals surface area contributed by atoms with Crippen molar-refractivity contribution in [3.8, 4) is 17.2 Å². The van der Waals surface area contributed by atoms with E-state index < -0.39 is 0 Å². The molecule has 0 aliphatic rings. The Morgan fingerprint density at radius 1 is 1.04 bits per heavy atom. The lowest BCUT2D eigenvalue weighted by Crippen LogP contribution is -2.38. The van der Waals surface area contributed by atoms with Gasteiger partial charge in [0.25, 0.3) is 0 Å². The van der Waals surface area contributed by atoms with Crippen molar-refractivity contribution in [1.29, 1.82) is 0 Å². The zero-order valence-corrected chi connectivity index (χ0v) is 19.4. The van der Waals surface area contributed by atoms with Crippen molar-refractivity contribution in [2.75, 3.05) is 34.4 Å². The molecule has 0 spiro atoms. The number of ether oxygens (including phenoxy) is 3. The Morgan fingerprint density at radius 3 is 2.41 bits per heavy atom. The number of hydrogen-bond acceptors (Lipinski definition) is 5. The molecular formula is C19H28IN3O3S. The average molecular weight is 505 g/mol. The summed E-state index contributed by atoms with van der Waals surface area (Å²) in [5.41, 5.74) is 2.26. The summed E-state index contributed by atoms with van der Waals surface area (Å²) in [5, 5.41) is 10.8. The molecule has 0 radical (unpaired) electrons. The molecule has 0 unspecified atom stereocenters. The molecule has 0 saturated carbocycles. The van der Waals surface area contributed by atoms with Gasteiger partial charge in [-0.2, -0.15) is 11.3 Å². The fourth-order valence-corrected chi connectivity index (χ4v) is 3.23. The molecule has 0 bridgehead atoms. The molecule has 0 saturated heterocycles. The molecule has 27 heavy (non-hydrogen) atoms. The van der Waals surface area contributed by atoms with Gasteiger partial charge in [0.15, 0.2) is 17.5 Å². The Labute approximate surface area is 182 Å². The van der Waals surface area contributed by atoms with Gasteiger partial charge in [0, 0.05) is 18.7 Å². The van der Waals surface area contributed by atoms with Crippen LogP contribution in [0.15, 0.2) is 34.0 Å². The van der Waals surface area contributed by atoms with E-state index in [-0.39, 0.29) is 24.0 Å². The molecule has 0 fully saturated rings. The van der Waals surface area contributed by atoms with E-state index in [0.29, 0.717) is 23.8 Å². The largest absolute Gasteiger partial charge is 0.493 e. The molecule has 8 heteroatoms. The number of methoxy groups -OCH3 is 3. The first-order valence-corrected chi connectivity index (χ1v) is 9.48. The molecular weight excluding hydrogens is 477 g/mol. The van der Waals surface area contributed by atoms with Crippen molar-refractivity contribution in [2.45, 2.75) is 19.9 Å². The molecule has 0 aliphatic carbocycles. The predicted molar refractivity (Wildman–Crippen MR) is 122 cm³/mol. The van der Waals surface area contributed by atoms with Gasteiger partial charge in [-0.15, -0.1) is 24.0 Å². The number of guanidine groups is 1. The predicted octanol–water partition coefficient (Wildman–Crippen LogP) is 3.69. The minimum absolute atomic E-state index is 0. The van der Waals surface area contributed by atoms with Gasteiger partial charge in [-0.3, -0.25) is 0 Å². The number of thiophene rings is 1. The second kappa shape index (κ2) is 12.7. The topological polar surface area (TPSA) is 64.1 Å². The van der Waals surface area contributed by atoms with Crippen LogP contribution >= 0.6 is 35.3 Å². The van der Waals surface area contributed by atoms with Gasteiger partial charge in [-0.25, -0.2) is 4.99 Å². The van der Waals surface area contributed by atoms with E-state index in [1.807, 2.05) is 12.1 Å². The van der Waals surface area contributed by atoms with Crippen LogP contribution in [0.3, 0.4) is 0 Å². The van der Waals surface area contributed by atoms with Crippen LogP contribution < -0.4 is 24.8 Å². The van der Waals surface area contributed by atoms with E-state index >= 15 is 0 Å². The molecule has 6 nitrogen and oxygen atoms in total. The van der Waals surface area contributed by atoms with E-state index in [1.165, 1.54) is 5.56 Å². The Bertz CT molecular complexity index is 708. The first-order chi connectivity index (χ1) is 12.7. The van der Waals surface area contributed by atoms with Gasteiger partial charge in [0.05, 0.1) is 27.9 Å². The zero-order chi connectivity index (χ0) is 18.8. The SMILES string of the molecule is CCNC(=NCc1ccsc1)NCCc1ccc(OC)c(OC)c1OC.I. The Hall–Kier alpha value is -1.68. The van der Waals surface area contributed by atoms with E-state index in [4.69, 9.17) is 14.2 Å². The Morgan fingerprint density at radius 2 is 1.81 bits per heavy atom. The van der Waals surface area contributed by atoms with E-state index in [9.17, 15) is 0 Å². The maximum absolute atomic E-state index is 5.53. The second-order valence-corrected chi connectivity index (χ2v) is 6.28. The van der Waals surface area contributed by atoms with Crippen molar-refractivity contribution < 1.29 is 14.2 Å². The highest BCUT2D eigenvalue weighted by Crippen LogP contribution is 2.39. The lowest BCUT2D eigenvalue weighted by atomic mass is 10.1. The van der Waals surface area contributed by atoms with Gasteiger partial charge >= 0.3 is 0 Å². The second-order valence-electron chi connectivity index (χ2n) is 5.50. The van der Waals surface area contributed by atoms with Crippen LogP contribution in [-0.2, 0) is 13.0 Å². The minimum atomic E-state index is 0. The number of aliphatic imine (C=N–C) groups is 1. The van der Waals surface area contributed by atoms with Gasteiger partial charge in [0.1, 0.15) is 0 Å². The molecule has 0 atom stereocenters. The van der Waals surface area contributed by atoms with Crippen molar-refractivity contribution in [3.05, 3.63) is 40.1 Å². The third kappa shape index (κ3) is 6.76. The molecule has 0 amide bonds. The number of nitrogens with one attached hydrogen (secondary N) is 2. The molecule has 1 aromatic heterocycles. The summed E-state index contributed by atoms with van der Waals surface area (Å²) >= 11 is 1.68. The summed E-state index contributed by atoms with van der Waals surface area (Å²) < 4.78 is 16.3. The number of nitrogens with zero attached hydrogens (tertiary/aromatic N) is 1. The minimum Gasteiger partial charge on any atom is -0.493 e. The first-order valence-electron chi connectivity index (χ1n) is 8.54. The number of rotatable bonds is 9. The number of benzene rings is 1. The standard InChI is InChI=1S/C19H27N3O3S.HI/c1-5-20-19(22-12-14-9-11-26-13-14)21-10-8-15-6-7-16(23-2)18(25-4)17(15)24-3;/h6-7,9,11,13H,5,8,10,12H2,1-4H3,(H2,20,21,22);1H. The van der Waals surface area contributed by atoms with Crippen LogP contribution in [-0.4, -0.2) is 40.4 Å². The molecule has 2 rings (SSSR count). The fraction of sp³-hybridized carbons (Fsp3) is 0.421. The number of hydrogen-bond donors (Lipinski definition) is 2. The average Bonchev–Trinajstić information content (AvgIpc) is 3.18. The highest BCUT2D eigenvalue weighted by atomic mass is 127. The molecule has 0 aliphatic heterocycles. The number of halogens is 1. The fourth-order valence-electron chi connectivity index (χ4n) is 2.57. The van der Waals surface area contributed by atoms with Crippen LogP contribution in [0, 0.1) is 0 Å². The lowest BCUT2D eigenvalue weighted by Gasteiger charge is -2.16. The van der Waals surface area contributed by atoms with Gasteiger partial charge < -0.3 is 24.8 Å². The summed E-state index contributed by atoms with van der Waals surface area (Å²) in [7, 11) is 4.87. The maximum atomic E-state index is 5.53. The summed E-state index contributed by atoms with van der Waals surface area (Å²) in [5.74, 6) is 2.78. The third-order valence-electron chi connectivity index (χ3n) is 3.82. The maximum Gasteiger partial charge on any atom is 0.203 e. The summed E-state index contributed by atoms with van der Waals surface area (Å²) in [6.45, 7) is 4.26. The van der Waals surface area contributed by atoms with Crippen molar-refractivity contribution in [1.82, 2.24) is 10.6 Å². The molecule has 1 heterocycles. The van der Waals surface area contributed by atoms with Crippen molar-refractivity contribution >= 4 is 41.3 Å². The first kappa shape index (κ1) is 23.4. The van der Waals surface area contributed by atoms with Crippen LogP contribution in [0.2, 0.25) is 0 Å². The van der Waals surface area contributed by atoms with Gasteiger partial charge in [0.2, 0.25) is 5.75 Å². The summed E-state index contributed by atoms with van der Waals surface area (Å²) in [4.78, 5) is 4.62. The normalized spacial score (nSPS) is 10.7. The monoisotopic (exact) mass is 505 g/mol. The van der Waals surface area contributed by atoms with Gasteiger partial charge in [-0.05, 0) is 41.8 Å². The summed E-state index contributed by atoms with van der Waals surface area (Å²) in [6.07, 6.45) is 0.770. The van der Waals surface area contributed by atoms with Crippen LogP contribution in [0.4, 0.5) is 0 Å². The van der Waals surface area contributed by atoms with E-state index in [1.54, 1.807) is 32.7 Å². The molecule has 2 N–H and O–H groups in total. The molecule has 2 aromatic rings. The third-order valence-corrected chi connectivity index (χ3v) is 4.55. The van der Waals surface area contributed by atoms with Crippen LogP contribution in [0.25, 0.3) is 0 Å². The molecule has 150 valence electrons. The van der Waals surface area contributed by atoms with Gasteiger partial charge in [-0.1, -0.05) is 6.07 Å². The van der Waals surface area contributed by atoms with Crippen molar-refractivity contribution in [2.24, 2.45) is 4.99 Å². The zero-order valence-electron chi connectivity index (χ0n) is 16.2. The lowest BCUT2D eigenvalue weighted by molar-refractivity contribution is 0.322. The quantitative estimate of drug-likeness (QED) is 0.309. The van der Waals surface area contributed by atoms with E-state index in [0.717, 1.165) is 31.0 Å². The highest BCUT2D eigenvalue weighted by molar-refractivity contribution is 14.0. The summed E-state index contributed by atoms with van der Waals surface area (Å²) in [6, 6.07) is 5.98. The van der Waals surface area contributed by atoms with Crippen LogP contribution in [0.5, 0.6) is 17.2 Å².